The quantitative estimate of drug-likeness (QED) is 0.878. The molecule has 4 heteroatoms. The Balaban J connectivity index is 1.70. The number of fused-ring (bicyclic) bond motifs is 4. The van der Waals surface area contributed by atoms with Gasteiger partial charge in [0.1, 0.15) is 5.82 Å². The second-order valence-electron chi connectivity index (χ2n) is 7.36. The number of nitrogens with two attached hydrogens (primary N) is 1. The molecular formula is C20H23N3O. The van der Waals surface area contributed by atoms with Crippen molar-refractivity contribution in [2.24, 2.45) is 5.92 Å². The van der Waals surface area contributed by atoms with Crippen LogP contribution in [0.25, 0.3) is 0 Å². The highest BCUT2D eigenvalue weighted by molar-refractivity contribution is 5.94. The fraction of sp³-hybridized carbons (Fsp3) is 0.400. The molecule has 1 amide bonds. The van der Waals surface area contributed by atoms with Crippen LogP contribution in [0.5, 0.6) is 0 Å². The average Bonchev–Trinajstić information content (AvgIpc) is 2.58. The van der Waals surface area contributed by atoms with Crippen molar-refractivity contribution >= 4 is 11.7 Å². The van der Waals surface area contributed by atoms with E-state index in [1.807, 2.05) is 0 Å². The second kappa shape index (κ2) is 5.33. The Hall–Kier alpha value is -2.36. The Labute approximate surface area is 142 Å². The van der Waals surface area contributed by atoms with Crippen molar-refractivity contribution in [1.82, 2.24) is 9.88 Å². The maximum atomic E-state index is 13.0. The zero-order valence-corrected chi connectivity index (χ0v) is 14.2. The van der Waals surface area contributed by atoms with Crippen molar-refractivity contribution in [2.45, 2.75) is 38.1 Å². The van der Waals surface area contributed by atoms with Gasteiger partial charge in [0.2, 0.25) is 0 Å². The number of hydrogen-bond donors (Lipinski definition) is 1. The van der Waals surface area contributed by atoms with Crippen LogP contribution in [0.4, 0.5) is 5.82 Å². The molecule has 2 aliphatic rings. The van der Waals surface area contributed by atoms with Crippen molar-refractivity contribution < 1.29 is 4.79 Å². The van der Waals surface area contributed by atoms with E-state index >= 15 is 0 Å². The predicted molar refractivity (Wildman–Crippen MR) is 94.8 cm³/mol. The van der Waals surface area contributed by atoms with Crippen LogP contribution in [-0.2, 0) is 11.8 Å². The van der Waals surface area contributed by atoms with Crippen LogP contribution in [0.3, 0.4) is 0 Å². The number of nitrogen functional groups attached to an aromatic ring is 1. The molecule has 1 aromatic heterocycles. The first-order chi connectivity index (χ1) is 11.5. The van der Waals surface area contributed by atoms with Gasteiger partial charge in [-0.15, -0.1) is 0 Å². The standard InChI is InChI=1S/C20H23N3O/c1-13-17-11-14-5-3-4-6-16(14)20(13,2)9-10-23(17)19(24)15-7-8-18(21)22-12-15/h3-8,12-13,17H,9-11H2,1-2H3,(H2,21,22)/t13?,17-,20-/m1/s1. The third-order valence-corrected chi connectivity index (χ3v) is 6.21. The van der Waals surface area contributed by atoms with Gasteiger partial charge in [0.05, 0.1) is 5.56 Å². The number of anilines is 1. The Bertz CT molecular complexity index is 786. The number of aromatic nitrogens is 1. The number of benzene rings is 1. The van der Waals surface area contributed by atoms with E-state index in [9.17, 15) is 4.79 Å². The van der Waals surface area contributed by atoms with Crippen LogP contribution in [0.2, 0.25) is 0 Å². The summed E-state index contributed by atoms with van der Waals surface area (Å²) in [7, 11) is 0. The van der Waals surface area contributed by atoms with Crippen LogP contribution >= 0.6 is 0 Å². The topological polar surface area (TPSA) is 59.2 Å². The first-order valence-electron chi connectivity index (χ1n) is 8.61. The number of rotatable bonds is 1. The molecule has 0 saturated carbocycles. The van der Waals surface area contributed by atoms with Crippen LogP contribution in [0.1, 0.15) is 41.8 Å². The van der Waals surface area contributed by atoms with Gasteiger partial charge in [-0.2, -0.15) is 0 Å². The molecule has 1 fully saturated rings. The van der Waals surface area contributed by atoms with Crippen molar-refractivity contribution in [3.8, 4) is 0 Å². The third-order valence-electron chi connectivity index (χ3n) is 6.21. The summed E-state index contributed by atoms with van der Waals surface area (Å²) >= 11 is 0. The van der Waals surface area contributed by atoms with E-state index in [-0.39, 0.29) is 17.4 Å². The lowest BCUT2D eigenvalue weighted by Crippen LogP contribution is -2.59. The molecule has 2 N–H and O–H groups in total. The van der Waals surface area contributed by atoms with Gasteiger partial charge in [-0.3, -0.25) is 4.79 Å². The first-order valence-corrected chi connectivity index (χ1v) is 8.61. The Morgan fingerprint density at radius 1 is 1.29 bits per heavy atom. The minimum atomic E-state index is 0.0702. The van der Waals surface area contributed by atoms with E-state index in [4.69, 9.17) is 5.73 Å². The summed E-state index contributed by atoms with van der Waals surface area (Å²) in [5.74, 6) is 0.949. The van der Waals surface area contributed by atoms with Gasteiger partial charge >= 0.3 is 0 Å². The van der Waals surface area contributed by atoms with E-state index in [1.165, 1.54) is 11.1 Å². The van der Waals surface area contributed by atoms with E-state index in [0.29, 0.717) is 17.3 Å². The molecule has 1 aromatic carbocycles. The highest BCUT2D eigenvalue weighted by atomic mass is 16.2. The number of pyridine rings is 1. The van der Waals surface area contributed by atoms with E-state index < -0.39 is 0 Å². The number of carbonyl (C=O) groups is 1. The van der Waals surface area contributed by atoms with Gasteiger partial charge < -0.3 is 10.6 Å². The van der Waals surface area contributed by atoms with Crippen molar-refractivity contribution in [3.05, 3.63) is 59.3 Å². The van der Waals surface area contributed by atoms with Crippen LogP contribution in [0, 0.1) is 5.92 Å². The van der Waals surface area contributed by atoms with Crippen LogP contribution in [-0.4, -0.2) is 28.4 Å². The largest absolute Gasteiger partial charge is 0.384 e. The highest BCUT2D eigenvalue weighted by Crippen LogP contribution is 2.48. The van der Waals surface area contributed by atoms with Gasteiger partial charge in [-0.05, 0) is 47.4 Å². The molecule has 24 heavy (non-hydrogen) atoms. The maximum Gasteiger partial charge on any atom is 0.255 e. The summed E-state index contributed by atoms with van der Waals surface area (Å²) in [4.78, 5) is 19.1. The number of carbonyl (C=O) groups excluding carboxylic acids is 1. The fourth-order valence-electron chi connectivity index (χ4n) is 4.54. The summed E-state index contributed by atoms with van der Waals surface area (Å²) in [6.07, 6.45) is 3.52. The molecule has 1 unspecified atom stereocenters. The zero-order valence-electron chi connectivity index (χ0n) is 14.2. The van der Waals surface area contributed by atoms with Crippen LogP contribution in [0.15, 0.2) is 42.6 Å². The number of hydrogen-bond acceptors (Lipinski definition) is 3. The molecule has 1 saturated heterocycles. The molecule has 0 radical (unpaired) electrons. The number of likely N-dealkylation sites (tertiary alicyclic amines) is 1. The molecule has 4 rings (SSSR count). The molecule has 1 aliphatic heterocycles. The minimum absolute atomic E-state index is 0.0702. The Morgan fingerprint density at radius 2 is 2.08 bits per heavy atom. The summed E-state index contributed by atoms with van der Waals surface area (Å²) in [6.45, 7) is 5.44. The van der Waals surface area contributed by atoms with Gasteiger partial charge in [0, 0.05) is 18.8 Å². The normalized spacial score (nSPS) is 28.3. The monoisotopic (exact) mass is 321 g/mol. The molecular weight excluding hydrogens is 298 g/mol. The maximum absolute atomic E-state index is 13.0. The summed E-state index contributed by atoms with van der Waals surface area (Å²) in [5, 5.41) is 0. The van der Waals surface area contributed by atoms with Gasteiger partial charge in [0.15, 0.2) is 0 Å². The number of amides is 1. The van der Waals surface area contributed by atoms with Crippen molar-refractivity contribution in [2.75, 3.05) is 12.3 Å². The Morgan fingerprint density at radius 3 is 2.83 bits per heavy atom. The third kappa shape index (κ3) is 2.13. The summed E-state index contributed by atoms with van der Waals surface area (Å²) in [6, 6.07) is 12.4. The SMILES string of the molecule is CC1[C@H]2Cc3ccccc3[C@]1(C)CCN2C(=O)c1ccc(N)nc1. The molecule has 2 aromatic rings. The fourth-order valence-corrected chi connectivity index (χ4v) is 4.54. The van der Waals surface area contributed by atoms with Gasteiger partial charge in [-0.1, -0.05) is 38.1 Å². The average molecular weight is 321 g/mol. The second-order valence-corrected chi connectivity index (χ2v) is 7.36. The zero-order chi connectivity index (χ0) is 16.9. The lowest BCUT2D eigenvalue weighted by atomic mass is 9.59. The lowest BCUT2D eigenvalue weighted by molar-refractivity contribution is 0.0250. The smallest absolute Gasteiger partial charge is 0.255 e. The van der Waals surface area contributed by atoms with Gasteiger partial charge in [-0.25, -0.2) is 4.98 Å². The predicted octanol–water partition coefficient (Wildman–Crippen LogP) is 3.03. The number of nitrogens with zero attached hydrogens (tertiary/aromatic N) is 2. The lowest BCUT2D eigenvalue weighted by Gasteiger charge is -2.54. The number of piperidine rings is 1. The summed E-state index contributed by atoms with van der Waals surface area (Å²) < 4.78 is 0. The Kier molecular flexibility index (Phi) is 3.37. The van der Waals surface area contributed by atoms with Crippen molar-refractivity contribution in [3.63, 3.8) is 0 Å². The van der Waals surface area contributed by atoms with Gasteiger partial charge in [0.25, 0.3) is 5.91 Å². The van der Waals surface area contributed by atoms with Crippen molar-refractivity contribution in [1.29, 1.82) is 0 Å². The van der Waals surface area contributed by atoms with E-state index in [0.717, 1.165) is 19.4 Å². The molecule has 2 heterocycles. The van der Waals surface area contributed by atoms with E-state index in [1.54, 1.807) is 18.3 Å². The van der Waals surface area contributed by atoms with Crippen LogP contribution < -0.4 is 5.73 Å². The summed E-state index contributed by atoms with van der Waals surface area (Å²) in [5.41, 5.74) is 9.27. The van der Waals surface area contributed by atoms with E-state index in [2.05, 4.69) is 48.0 Å². The minimum Gasteiger partial charge on any atom is -0.384 e. The molecule has 0 spiro atoms. The highest BCUT2D eigenvalue weighted by Gasteiger charge is 2.49. The first kappa shape index (κ1) is 15.2. The molecule has 3 atom stereocenters. The molecule has 124 valence electrons. The molecule has 4 nitrogen and oxygen atoms in total. The molecule has 2 bridgehead atoms. The molecule has 1 aliphatic carbocycles.